The Morgan fingerprint density at radius 1 is 1.15 bits per heavy atom. The molecular formula is C29H30F2N6O2. The predicted molar refractivity (Wildman–Crippen MR) is 146 cm³/mol. The molecule has 3 aliphatic heterocycles. The first kappa shape index (κ1) is 24.3. The average molecular weight is 533 g/mol. The maximum atomic E-state index is 14.5. The van der Waals surface area contributed by atoms with Gasteiger partial charge in [-0.25, -0.2) is 13.8 Å². The third-order valence-electron chi connectivity index (χ3n) is 8.44. The van der Waals surface area contributed by atoms with Gasteiger partial charge in [0, 0.05) is 67.2 Å². The second-order valence-corrected chi connectivity index (χ2v) is 11.0. The highest BCUT2D eigenvalue weighted by Crippen LogP contribution is 2.43. The molecule has 4 aromatic rings. The smallest absolute Gasteiger partial charge is 0.264 e. The number of ether oxygens (including phenoxy) is 1. The van der Waals surface area contributed by atoms with Crippen molar-refractivity contribution < 1.29 is 13.5 Å². The number of aromatic nitrogens is 4. The molecule has 2 fully saturated rings. The zero-order valence-corrected chi connectivity index (χ0v) is 22.2. The zero-order valence-electron chi connectivity index (χ0n) is 22.2. The van der Waals surface area contributed by atoms with Gasteiger partial charge in [0.15, 0.2) is 0 Å². The summed E-state index contributed by atoms with van der Waals surface area (Å²) >= 11 is 0. The van der Waals surface area contributed by atoms with Gasteiger partial charge in [-0.05, 0) is 55.5 Å². The van der Waals surface area contributed by atoms with Gasteiger partial charge in [-0.1, -0.05) is 0 Å². The maximum Gasteiger partial charge on any atom is 0.264 e. The van der Waals surface area contributed by atoms with Crippen LogP contribution in [-0.4, -0.2) is 51.2 Å². The third-order valence-corrected chi connectivity index (χ3v) is 8.44. The first-order chi connectivity index (χ1) is 18.8. The van der Waals surface area contributed by atoms with Crippen molar-refractivity contribution in [3.05, 3.63) is 63.7 Å². The van der Waals surface area contributed by atoms with Gasteiger partial charge in [-0.15, -0.1) is 0 Å². The summed E-state index contributed by atoms with van der Waals surface area (Å²) in [5.41, 5.74) is 4.25. The Balaban J connectivity index is 1.44. The molecule has 10 heteroatoms. The van der Waals surface area contributed by atoms with Crippen LogP contribution in [0.3, 0.4) is 0 Å². The van der Waals surface area contributed by atoms with Crippen molar-refractivity contribution in [3.63, 3.8) is 0 Å². The van der Waals surface area contributed by atoms with Crippen LogP contribution >= 0.6 is 0 Å². The largest absolute Gasteiger partial charge is 0.374 e. The average Bonchev–Trinajstić information content (AvgIpc) is 3.68. The van der Waals surface area contributed by atoms with Crippen molar-refractivity contribution in [1.82, 2.24) is 19.3 Å². The molecule has 7 rings (SSSR count). The van der Waals surface area contributed by atoms with Gasteiger partial charge in [0.05, 0.1) is 30.5 Å². The Morgan fingerprint density at radius 2 is 2.00 bits per heavy atom. The van der Waals surface area contributed by atoms with E-state index in [-0.39, 0.29) is 23.3 Å². The van der Waals surface area contributed by atoms with Crippen LogP contribution in [-0.2, 0) is 25.3 Å². The molecule has 39 heavy (non-hydrogen) atoms. The quantitative estimate of drug-likeness (QED) is 0.382. The molecule has 0 aliphatic carbocycles. The predicted octanol–water partition coefficient (Wildman–Crippen LogP) is 4.64. The molecule has 8 nitrogen and oxygen atoms in total. The summed E-state index contributed by atoms with van der Waals surface area (Å²) in [6, 6.07) is 7.64. The number of nitrogens with zero attached hydrogens (tertiary/aromatic N) is 6. The topological polar surface area (TPSA) is 68.4 Å². The van der Waals surface area contributed by atoms with Crippen LogP contribution < -0.4 is 15.4 Å². The number of fused-ring (bicyclic) bond motifs is 4. The molecule has 2 atom stereocenters. The fraction of sp³-hybridized carbons (Fsp3) is 0.414. The Labute approximate surface area is 224 Å². The number of anilines is 3. The van der Waals surface area contributed by atoms with E-state index in [9.17, 15) is 13.6 Å². The van der Waals surface area contributed by atoms with Crippen LogP contribution in [0.1, 0.15) is 36.0 Å². The minimum Gasteiger partial charge on any atom is -0.374 e. The van der Waals surface area contributed by atoms with E-state index in [1.807, 2.05) is 18.2 Å². The molecule has 3 aromatic heterocycles. The number of halogens is 2. The SMILES string of the molecule is Cc1cc2c(N3CCCc4cc(-c5cnn(C)c5)c(C(F)F)cc43)nc(N3C[C@@H]4C[C@H]3CO4)cc2n(C)c1=O. The van der Waals surface area contributed by atoms with E-state index >= 15 is 0 Å². The lowest BCUT2D eigenvalue weighted by Gasteiger charge is -2.34. The zero-order chi connectivity index (χ0) is 27.0. The highest BCUT2D eigenvalue weighted by Gasteiger charge is 2.40. The first-order valence-electron chi connectivity index (χ1n) is 13.4. The Morgan fingerprint density at radius 3 is 2.69 bits per heavy atom. The number of benzene rings is 1. The molecule has 2 bridgehead atoms. The molecule has 6 heterocycles. The van der Waals surface area contributed by atoms with Crippen LogP contribution in [0.15, 0.2) is 41.5 Å². The fourth-order valence-electron chi connectivity index (χ4n) is 6.48. The van der Waals surface area contributed by atoms with E-state index in [4.69, 9.17) is 9.72 Å². The second kappa shape index (κ2) is 8.87. The number of pyridine rings is 2. The van der Waals surface area contributed by atoms with Gasteiger partial charge in [0.1, 0.15) is 11.6 Å². The molecule has 0 amide bonds. The van der Waals surface area contributed by atoms with Crippen molar-refractivity contribution in [2.45, 2.75) is 44.8 Å². The van der Waals surface area contributed by atoms with E-state index in [1.54, 1.807) is 48.7 Å². The number of hydrogen-bond donors (Lipinski definition) is 0. The van der Waals surface area contributed by atoms with E-state index in [1.165, 1.54) is 0 Å². The van der Waals surface area contributed by atoms with E-state index < -0.39 is 6.43 Å². The number of alkyl halides is 2. The molecule has 0 spiro atoms. The van der Waals surface area contributed by atoms with E-state index in [2.05, 4.69) is 14.9 Å². The van der Waals surface area contributed by atoms with Crippen LogP contribution in [0, 0.1) is 6.92 Å². The Bertz CT molecular complexity index is 1680. The third kappa shape index (κ3) is 3.83. The maximum absolute atomic E-state index is 14.5. The van der Waals surface area contributed by atoms with Gasteiger partial charge in [-0.3, -0.25) is 9.48 Å². The normalized spacial score (nSPS) is 20.5. The van der Waals surface area contributed by atoms with Gasteiger partial charge in [0.25, 0.3) is 12.0 Å². The summed E-state index contributed by atoms with van der Waals surface area (Å²) < 4.78 is 38.0. The molecule has 202 valence electrons. The summed E-state index contributed by atoms with van der Waals surface area (Å²) in [6.07, 6.45) is 3.54. The number of rotatable bonds is 4. The van der Waals surface area contributed by atoms with Gasteiger partial charge in [-0.2, -0.15) is 5.10 Å². The summed E-state index contributed by atoms with van der Waals surface area (Å²) in [4.78, 5) is 22.4. The minimum absolute atomic E-state index is 0.0216. The van der Waals surface area contributed by atoms with E-state index in [0.29, 0.717) is 35.7 Å². The molecule has 3 aliphatic rings. The van der Waals surface area contributed by atoms with Crippen molar-refractivity contribution >= 4 is 28.2 Å². The number of morpholine rings is 1. The van der Waals surface area contributed by atoms with Crippen molar-refractivity contribution in [2.75, 3.05) is 29.5 Å². The van der Waals surface area contributed by atoms with Crippen molar-refractivity contribution in [1.29, 1.82) is 0 Å². The summed E-state index contributed by atoms with van der Waals surface area (Å²) in [5.74, 6) is 1.49. The highest BCUT2D eigenvalue weighted by atomic mass is 19.3. The second-order valence-electron chi connectivity index (χ2n) is 11.0. The highest BCUT2D eigenvalue weighted by molar-refractivity contribution is 5.95. The monoisotopic (exact) mass is 532 g/mol. The summed E-state index contributed by atoms with van der Waals surface area (Å²) in [6.45, 7) is 3.86. The molecule has 2 saturated heterocycles. The summed E-state index contributed by atoms with van der Waals surface area (Å²) in [7, 11) is 3.56. The van der Waals surface area contributed by atoms with Crippen molar-refractivity contribution in [3.8, 4) is 11.1 Å². The lowest BCUT2D eigenvalue weighted by molar-refractivity contribution is 0.0989. The number of aryl methyl sites for hydroxylation is 4. The molecule has 0 saturated carbocycles. The van der Waals surface area contributed by atoms with Gasteiger partial charge >= 0.3 is 0 Å². The standard InChI is InChI=1S/C29H30F2N6O2/c1-16-7-23-25(35(3)29(16)38)11-26(37-14-20-9-19(37)15-39-20)33-28(23)36-6-4-5-17-8-21(18-12-32-34(2)13-18)22(27(30)31)10-24(17)36/h7-8,10-13,19-20,27H,4-6,9,14-15H2,1-3H3/t19-,20-/m0/s1. The van der Waals surface area contributed by atoms with Gasteiger partial charge < -0.3 is 19.1 Å². The van der Waals surface area contributed by atoms with Gasteiger partial charge in [0.2, 0.25) is 0 Å². The molecule has 0 N–H and O–H groups in total. The summed E-state index contributed by atoms with van der Waals surface area (Å²) in [5, 5.41) is 5.03. The first-order valence-corrected chi connectivity index (χ1v) is 13.4. The Kier molecular flexibility index (Phi) is 5.52. The van der Waals surface area contributed by atoms with E-state index in [0.717, 1.165) is 53.8 Å². The lowest BCUT2D eigenvalue weighted by atomic mass is 9.93. The Hall–Kier alpha value is -3.79. The minimum atomic E-state index is -2.64. The van der Waals surface area contributed by atoms with Crippen LogP contribution in [0.5, 0.6) is 0 Å². The molecular weight excluding hydrogens is 502 g/mol. The number of hydrogen-bond acceptors (Lipinski definition) is 6. The molecule has 0 unspecified atom stereocenters. The van der Waals surface area contributed by atoms with Crippen LogP contribution in [0.4, 0.5) is 26.1 Å². The van der Waals surface area contributed by atoms with Crippen molar-refractivity contribution in [2.24, 2.45) is 14.1 Å². The lowest BCUT2D eigenvalue weighted by Crippen LogP contribution is -2.38. The van der Waals surface area contributed by atoms with Crippen LogP contribution in [0.25, 0.3) is 22.0 Å². The van der Waals surface area contributed by atoms with Crippen LogP contribution in [0.2, 0.25) is 0 Å². The fourth-order valence-corrected chi connectivity index (χ4v) is 6.48. The molecule has 1 aromatic carbocycles. The molecule has 0 radical (unpaired) electrons.